The van der Waals surface area contributed by atoms with Crippen LogP contribution in [0.5, 0.6) is 0 Å². The van der Waals surface area contributed by atoms with E-state index >= 15 is 0 Å². The largest absolute Gasteiger partial charge is 0.207 e. The second kappa shape index (κ2) is 5.52. The van der Waals surface area contributed by atoms with Gasteiger partial charge in [0.2, 0.25) is 0 Å². The molecule has 2 aromatic carbocycles. The van der Waals surface area contributed by atoms with Gasteiger partial charge in [0.05, 0.1) is 5.38 Å². The molecule has 0 N–H and O–H groups in total. The Kier molecular flexibility index (Phi) is 4.17. The molecule has 2 rings (SSSR count). The summed E-state index contributed by atoms with van der Waals surface area (Å²) in [5.41, 5.74) is 4.66. The van der Waals surface area contributed by atoms with Crippen LogP contribution < -0.4 is 0 Å². The first-order chi connectivity index (χ1) is 8.88. The molecule has 3 heteroatoms. The Hall–Kier alpha value is -1.05. The number of aryl methyl sites for hydroxylation is 3. The molecular formula is C16H15Cl2F. The van der Waals surface area contributed by atoms with Crippen molar-refractivity contribution in [1.82, 2.24) is 0 Å². The van der Waals surface area contributed by atoms with Crippen LogP contribution in [-0.4, -0.2) is 0 Å². The first-order valence-electron chi connectivity index (χ1n) is 6.06. The third-order valence-electron chi connectivity index (χ3n) is 3.17. The standard InChI is InChI=1S/C16H15Cl2F/c1-9-4-12(8-13(17)5-9)16(18)15-10(2)6-14(19)7-11(15)3/h4-8,16H,1-3H3. The topological polar surface area (TPSA) is 0 Å². The molecular weight excluding hydrogens is 282 g/mol. The first kappa shape index (κ1) is 14.4. The zero-order valence-electron chi connectivity index (χ0n) is 11.1. The highest BCUT2D eigenvalue weighted by atomic mass is 35.5. The summed E-state index contributed by atoms with van der Waals surface area (Å²) in [4.78, 5) is 0. The fraction of sp³-hybridized carbons (Fsp3) is 0.250. The van der Waals surface area contributed by atoms with Crippen molar-refractivity contribution in [3.8, 4) is 0 Å². The summed E-state index contributed by atoms with van der Waals surface area (Å²) in [6.07, 6.45) is 0. The van der Waals surface area contributed by atoms with Gasteiger partial charge in [-0.05, 0) is 72.9 Å². The van der Waals surface area contributed by atoms with E-state index in [-0.39, 0.29) is 11.2 Å². The van der Waals surface area contributed by atoms with Crippen LogP contribution >= 0.6 is 23.2 Å². The predicted molar refractivity (Wildman–Crippen MR) is 79.8 cm³/mol. The van der Waals surface area contributed by atoms with Crippen LogP contribution in [0.25, 0.3) is 0 Å². The molecule has 19 heavy (non-hydrogen) atoms. The molecule has 0 nitrogen and oxygen atoms in total. The van der Waals surface area contributed by atoms with Crippen molar-refractivity contribution in [1.29, 1.82) is 0 Å². The van der Waals surface area contributed by atoms with Gasteiger partial charge in [-0.3, -0.25) is 0 Å². The molecule has 0 aliphatic carbocycles. The summed E-state index contributed by atoms with van der Waals surface area (Å²) in [6, 6.07) is 8.77. The van der Waals surface area contributed by atoms with Crippen molar-refractivity contribution in [3.63, 3.8) is 0 Å². The number of hydrogen-bond donors (Lipinski definition) is 0. The lowest BCUT2D eigenvalue weighted by Crippen LogP contribution is -2.01. The Morgan fingerprint density at radius 1 is 0.947 bits per heavy atom. The average molecular weight is 297 g/mol. The van der Waals surface area contributed by atoms with E-state index in [0.29, 0.717) is 5.02 Å². The third-order valence-corrected chi connectivity index (χ3v) is 3.86. The monoisotopic (exact) mass is 296 g/mol. The molecule has 2 aromatic rings. The molecule has 0 aliphatic heterocycles. The normalized spacial score (nSPS) is 12.5. The average Bonchev–Trinajstić information content (AvgIpc) is 2.25. The first-order valence-corrected chi connectivity index (χ1v) is 6.87. The second-order valence-electron chi connectivity index (χ2n) is 4.88. The lowest BCUT2D eigenvalue weighted by molar-refractivity contribution is 0.624. The summed E-state index contributed by atoms with van der Waals surface area (Å²) < 4.78 is 13.3. The Balaban J connectivity index is 2.52. The van der Waals surface area contributed by atoms with Gasteiger partial charge in [-0.1, -0.05) is 17.7 Å². The highest BCUT2D eigenvalue weighted by Gasteiger charge is 2.17. The van der Waals surface area contributed by atoms with Gasteiger partial charge in [-0.2, -0.15) is 0 Å². The van der Waals surface area contributed by atoms with E-state index in [1.807, 2.05) is 39.0 Å². The fourth-order valence-electron chi connectivity index (χ4n) is 2.40. The van der Waals surface area contributed by atoms with Gasteiger partial charge < -0.3 is 0 Å². The van der Waals surface area contributed by atoms with Crippen molar-refractivity contribution in [2.45, 2.75) is 26.1 Å². The Labute approximate surface area is 123 Å². The smallest absolute Gasteiger partial charge is 0.123 e. The molecule has 0 saturated heterocycles. The van der Waals surface area contributed by atoms with Crippen LogP contribution in [-0.2, 0) is 0 Å². The van der Waals surface area contributed by atoms with Gasteiger partial charge in [0.25, 0.3) is 0 Å². The van der Waals surface area contributed by atoms with Gasteiger partial charge in [-0.25, -0.2) is 4.39 Å². The molecule has 0 heterocycles. The Morgan fingerprint density at radius 2 is 1.53 bits per heavy atom. The van der Waals surface area contributed by atoms with Crippen LogP contribution in [0.15, 0.2) is 30.3 Å². The number of halogens is 3. The highest BCUT2D eigenvalue weighted by molar-refractivity contribution is 6.31. The van der Waals surface area contributed by atoms with Crippen LogP contribution in [0, 0.1) is 26.6 Å². The minimum absolute atomic E-state index is 0.232. The molecule has 0 bridgehead atoms. The summed E-state index contributed by atoms with van der Waals surface area (Å²) >= 11 is 12.6. The number of hydrogen-bond acceptors (Lipinski definition) is 0. The van der Waals surface area contributed by atoms with Crippen LogP contribution in [0.2, 0.25) is 5.02 Å². The summed E-state index contributed by atoms with van der Waals surface area (Å²) in [6.45, 7) is 5.72. The maximum absolute atomic E-state index is 13.3. The molecule has 1 atom stereocenters. The van der Waals surface area contributed by atoms with E-state index in [0.717, 1.165) is 27.8 Å². The van der Waals surface area contributed by atoms with Crippen LogP contribution in [0.3, 0.4) is 0 Å². The third kappa shape index (κ3) is 3.10. The van der Waals surface area contributed by atoms with E-state index in [2.05, 4.69) is 0 Å². The van der Waals surface area contributed by atoms with Crippen LogP contribution in [0.4, 0.5) is 4.39 Å². The molecule has 0 aliphatic rings. The molecule has 0 fully saturated rings. The molecule has 100 valence electrons. The zero-order valence-corrected chi connectivity index (χ0v) is 12.6. The predicted octanol–water partition coefficient (Wildman–Crippen LogP) is 5.73. The highest BCUT2D eigenvalue weighted by Crippen LogP contribution is 2.35. The van der Waals surface area contributed by atoms with Crippen molar-refractivity contribution >= 4 is 23.2 Å². The zero-order chi connectivity index (χ0) is 14.2. The second-order valence-corrected chi connectivity index (χ2v) is 5.75. The van der Waals surface area contributed by atoms with Crippen molar-refractivity contribution < 1.29 is 4.39 Å². The molecule has 0 spiro atoms. The van der Waals surface area contributed by atoms with E-state index in [1.165, 1.54) is 12.1 Å². The Bertz CT molecular complexity index is 577. The maximum Gasteiger partial charge on any atom is 0.123 e. The van der Waals surface area contributed by atoms with Crippen molar-refractivity contribution in [2.75, 3.05) is 0 Å². The van der Waals surface area contributed by atoms with E-state index < -0.39 is 0 Å². The molecule has 0 radical (unpaired) electrons. The molecule has 1 unspecified atom stereocenters. The molecule has 0 aromatic heterocycles. The van der Waals surface area contributed by atoms with Crippen molar-refractivity contribution in [3.05, 3.63) is 69.0 Å². The summed E-state index contributed by atoms with van der Waals surface area (Å²) in [5.74, 6) is -0.232. The van der Waals surface area contributed by atoms with E-state index in [9.17, 15) is 4.39 Å². The quantitative estimate of drug-likeness (QED) is 0.621. The van der Waals surface area contributed by atoms with E-state index in [1.54, 1.807) is 0 Å². The lowest BCUT2D eigenvalue weighted by Gasteiger charge is -2.17. The fourth-order valence-corrected chi connectivity index (χ4v) is 3.17. The summed E-state index contributed by atoms with van der Waals surface area (Å²) in [7, 11) is 0. The molecule has 0 amide bonds. The number of alkyl halides is 1. The number of rotatable bonds is 2. The van der Waals surface area contributed by atoms with Gasteiger partial charge in [0.15, 0.2) is 0 Å². The lowest BCUT2D eigenvalue weighted by atomic mass is 9.95. The van der Waals surface area contributed by atoms with Gasteiger partial charge in [0.1, 0.15) is 5.82 Å². The van der Waals surface area contributed by atoms with Crippen molar-refractivity contribution in [2.24, 2.45) is 0 Å². The van der Waals surface area contributed by atoms with Gasteiger partial charge >= 0.3 is 0 Å². The van der Waals surface area contributed by atoms with E-state index in [4.69, 9.17) is 23.2 Å². The summed E-state index contributed by atoms with van der Waals surface area (Å²) in [5, 5.41) is 0.344. The number of benzene rings is 2. The van der Waals surface area contributed by atoms with Gasteiger partial charge in [0, 0.05) is 5.02 Å². The minimum atomic E-state index is -0.321. The minimum Gasteiger partial charge on any atom is -0.207 e. The van der Waals surface area contributed by atoms with Gasteiger partial charge in [-0.15, -0.1) is 11.6 Å². The molecule has 0 saturated carbocycles. The van der Waals surface area contributed by atoms with Crippen LogP contribution in [0.1, 0.15) is 33.2 Å². The maximum atomic E-state index is 13.3. The Morgan fingerprint density at radius 3 is 2.05 bits per heavy atom. The SMILES string of the molecule is Cc1cc(Cl)cc(C(Cl)c2c(C)cc(F)cc2C)c1.